The van der Waals surface area contributed by atoms with Crippen molar-refractivity contribution in [2.45, 2.75) is 49.1 Å². The van der Waals surface area contributed by atoms with Crippen molar-refractivity contribution >= 4 is 15.9 Å². The van der Waals surface area contributed by atoms with Crippen molar-refractivity contribution in [2.24, 2.45) is 17.8 Å². The number of piperidine rings is 1. The van der Waals surface area contributed by atoms with Gasteiger partial charge < -0.3 is 10.0 Å². The van der Waals surface area contributed by atoms with Gasteiger partial charge in [0.25, 0.3) is 0 Å². The van der Waals surface area contributed by atoms with Gasteiger partial charge in [-0.15, -0.1) is 0 Å². The average molecular weight is 393 g/mol. The first kappa shape index (κ1) is 18.9. The van der Waals surface area contributed by atoms with Crippen molar-refractivity contribution in [1.29, 1.82) is 0 Å². The smallest absolute Gasteiger partial charge is 0.243 e. The van der Waals surface area contributed by atoms with Crippen LogP contribution in [-0.4, -0.2) is 60.9 Å². The Morgan fingerprint density at radius 3 is 2.30 bits per heavy atom. The summed E-state index contributed by atoms with van der Waals surface area (Å²) in [6.45, 7) is 0.772. The third-order valence-electron chi connectivity index (χ3n) is 6.81. The summed E-state index contributed by atoms with van der Waals surface area (Å²) in [6.07, 6.45) is 3.67. The van der Waals surface area contributed by atoms with Crippen LogP contribution in [-0.2, 0) is 14.8 Å². The summed E-state index contributed by atoms with van der Waals surface area (Å²) >= 11 is 0. The van der Waals surface area contributed by atoms with Gasteiger partial charge in [-0.2, -0.15) is 4.31 Å². The average Bonchev–Trinajstić information content (AvgIpc) is 3.27. The minimum absolute atomic E-state index is 0.110. The molecule has 3 aliphatic rings. The summed E-state index contributed by atoms with van der Waals surface area (Å²) in [5.41, 5.74) is 0. The van der Waals surface area contributed by atoms with Crippen molar-refractivity contribution in [2.75, 3.05) is 20.1 Å². The first-order valence-corrected chi connectivity index (χ1v) is 11.3. The molecule has 6 nitrogen and oxygen atoms in total. The maximum Gasteiger partial charge on any atom is 0.243 e. The van der Waals surface area contributed by atoms with Crippen molar-refractivity contribution in [3.8, 4) is 0 Å². The number of aliphatic hydroxyl groups is 1. The van der Waals surface area contributed by atoms with Gasteiger partial charge in [0.1, 0.15) is 0 Å². The fourth-order valence-corrected chi connectivity index (χ4v) is 6.72. The number of rotatable bonds is 4. The van der Waals surface area contributed by atoms with Crippen molar-refractivity contribution in [3.63, 3.8) is 0 Å². The zero-order valence-electron chi connectivity index (χ0n) is 15.7. The van der Waals surface area contributed by atoms with Crippen LogP contribution in [0.3, 0.4) is 0 Å². The first-order valence-electron chi connectivity index (χ1n) is 9.88. The van der Waals surface area contributed by atoms with Crippen LogP contribution >= 0.6 is 0 Å². The van der Waals surface area contributed by atoms with E-state index in [1.54, 1.807) is 30.3 Å². The highest BCUT2D eigenvalue weighted by Crippen LogP contribution is 2.47. The topological polar surface area (TPSA) is 77.9 Å². The molecule has 0 radical (unpaired) electrons. The normalized spacial score (nSPS) is 31.9. The summed E-state index contributed by atoms with van der Waals surface area (Å²) in [7, 11) is -1.60. The molecule has 27 heavy (non-hydrogen) atoms. The number of fused-ring (bicyclic) bond motifs is 2. The van der Waals surface area contributed by atoms with Crippen LogP contribution in [0.4, 0.5) is 0 Å². The number of aliphatic hydroxyl groups excluding tert-OH is 1. The van der Waals surface area contributed by atoms with Gasteiger partial charge in [-0.3, -0.25) is 4.79 Å². The summed E-state index contributed by atoms with van der Waals surface area (Å²) in [6, 6.07) is 8.72. The lowest BCUT2D eigenvalue weighted by atomic mass is 9.90. The molecular weight excluding hydrogens is 364 g/mol. The van der Waals surface area contributed by atoms with Gasteiger partial charge in [0.2, 0.25) is 15.9 Å². The Kier molecular flexibility index (Phi) is 5.03. The molecule has 3 fully saturated rings. The Labute approximate surface area is 161 Å². The largest absolute Gasteiger partial charge is 0.393 e. The highest BCUT2D eigenvalue weighted by atomic mass is 32.2. The number of carbonyl (C=O) groups is 1. The van der Waals surface area contributed by atoms with Gasteiger partial charge in [-0.05, 0) is 56.1 Å². The van der Waals surface area contributed by atoms with E-state index in [9.17, 15) is 18.3 Å². The molecular formula is C20H28N2O4S. The van der Waals surface area contributed by atoms with Gasteiger partial charge in [0.15, 0.2) is 0 Å². The third-order valence-corrected chi connectivity index (χ3v) is 8.72. The molecule has 7 heteroatoms. The van der Waals surface area contributed by atoms with Crippen LogP contribution < -0.4 is 0 Å². The van der Waals surface area contributed by atoms with Gasteiger partial charge in [0.05, 0.1) is 11.0 Å². The lowest BCUT2D eigenvalue weighted by Gasteiger charge is -2.37. The van der Waals surface area contributed by atoms with Gasteiger partial charge in [-0.25, -0.2) is 8.42 Å². The van der Waals surface area contributed by atoms with Gasteiger partial charge >= 0.3 is 0 Å². The third kappa shape index (κ3) is 3.41. The molecule has 2 saturated carbocycles. The van der Waals surface area contributed by atoms with Crippen LogP contribution in [0.25, 0.3) is 0 Å². The molecule has 2 aliphatic carbocycles. The van der Waals surface area contributed by atoms with E-state index in [-0.39, 0.29) is 24.0 Å². The molecule has 0 aromatic heterocycles. The van der Waals surface area contributed by atoms with E-state index >= 15 is 0 Å². The van der Waals surface area contributed by atoms with E-state index in [0.717, 1.165) is 19.3 Å². The predicted molar refractivity (Wildman–Crippen MR) is 101 cm³/mol. The van der Waals surface area contributed by atoms with E-state index in [4.69, 9.17) is 0 Å². The Balaban J connectivity index is 1.36. The fraction of sp³-hybridized carbons (Fsp3) is 0.650. The van der Waals surface area contributed by atoms with Crippen LogP contribution in [0.1, 0.15) is 32.1 Å². The lowest BCUT2D eigenvalue weighted by molar-refractivity contribution is -0.139. The minimum Gasteiger partial charge on any atom is -0.393 e. The Morgan fingerprint density at radius 1 is 1.07 bits per heavy atom. The Bertz CT molecular complexity index is 787. The molecule has 2 bridgehead atoms. The number of hydrogen-bond acceptors (Lipinski definition) is 4. The van der Waals surface area contributed by atoms with Crippen LogP contribution in [0.15, 0.2) is 35.2 Å². The van der Waals surface area contributed by atoms with E-state index in [0.29, 0.717) is 42.7 Å². The van der Waals surface area contributed by atoms with E-state index in [1.165, 1.54) is 4.31 Å². The second-order valence-electron chi connectivity index (χ2n) is 8.30. The van der Waals surface area contributed by atoms with E-state index in [1.807, 2.05) is 11.9 Å². The SMILES string of the molecule is CN(C(=O)C1CCN(S(=O)(=O)c2ccccc2)CC1)C1C[C@H]2CC1CC2O. The molecule has 1 heterocycles. The van der Waals surface area contributed by atoms with E-state index < -0.39 is 10.0 Å². The highest BCUT2D eigenvalue weighted by molar-refractivity contribution is 7.89. The molecule has 1 saturated heterocycles. The number of amides is 1. The fourth-order valence-electron chi connectivity index (χ4n) is 5.23. The van der Waals surface area contributed by atoms with Crippen LogP contribution in [0, 0.1) is 17.8 Å². The number of hydrogen-bond donors (Lipinski definition) is 1. The van der Waals surface area contributed by atoms with Crippen molar-refractivity contribution in [3.05, 3.63) is 30.3 Å². The molecule has 1 aromatic rings. The predicted octanol–water partition coefficient (Wildman–Crippen LogP) is 1.71. The summed E-state index contributed by atoms with van der Waals surface area (Å²) < 4.78 is 27.0. The molecule has 3 unspecified atom stereocenters. The van der Waals surface area contributed by atoms with Crippen LogP contribution in [0.2, 0.25) is 0 Å². The number of nitrogens with zero attached hydrogens (tertiary/aromatic N) is 2. The Hall–Kier alpha value is -1.44. The molecule has 148 valence electrons. The van der Waals surface area contributed by atoms with Gasteiger partial charge in [-0.1, -0.05) is 18.2 Å². The zero-order valence-corrected chi connectivity index (χ0v) is 16.5. The second kappa shape index (κ2) is 7.18. The zero-order chi connectivity index (χ0) is 19.2. The first-order chi connectivity index (χ1) is 12.9. The molecule has 1 N–H and O–H groups in total. The lowest BCUT2D eigenvalue weighted by Crippen LogP contribution is -2.48. The van der Waals surface area contributed by atoms with Gasteiger partial charge in [0, 0.05) is 32.1 Å². The number of carbonyl (C=O) groups excluding carboxylic acids is 1. The molecule has 0 spiro atoms. The summed E-state index contributed by atoms with van der Waals surface area (Å²) in [4.78, 5) is 15.2. The van der Waals surface area contributed by atoms with E-state index in [2.05, 4.69) is 0 Å². The highest BCUT2D eigenvalue weighted by Gasteiger charge is 2.48. The molecule has 1 aliphatic heterocycles. The summed E-state index contributed by atoms with van der Waals surface area (Å²) in [5.74, 6) is 0.783. The maximum atomic E-state index is 13.0. The minimum atomic E-state index is -3.48. The molecule has 4 atom stereocenters. The summed E-state index contributed by atoms with van der Waals surface area (Å²) in [5, 5.41) is 9.94. The maximum absolute atomic E-state index is 13.0. The molecule has 1 aromatic carbocycles. The Morgan fingerprint density at radius 2 is 1.74 bits per heavy atom. The number of sulfonamides is 1. The van der Waals surface area contributed by atoms with Crippen LogP contribution in [0.5, 0.6) is 0 Å². The molecule has 4 rings (SSSR count). The van der Waals surface area contributed by atoms with Crippen molar-refractivity contribution < 1.29 is 18.3 Å². The quantitative estimate of drug-likeness (QED) is 0.846. The van der Waals surface area contributed by atoms with Crippen molar-refractivity contribution in [1.82, 2.24) is 9.21 Å². The monoisotopic (exact) mass is 392 g/mol. The second-order valence-corrected chi connectivity index (χ2v) is 10.2. The molecule has 1 amide bonds. The number of benzene rings is 1. The standard InChI is InChI=1S/C20H28N2O4S/c1-21(18-12-16-11-15(18)13-19(16)23)20(24)14-7-9-22(10-8-14)27(25,26)17-5-3-2-4-6-17/h2-6,14-16,18-19,23H,7-13H2,1H3/t15?,16-,18?,19?/m1/s1.